The number of carbonyl (C=O) groups is 1. The third kappa shape index (κ3) is 4.75. The highest BCUT2D eigenvalue weighted by molar-refractivity contribution is 5.98. The molecule has 31 heavy (non-hydrogen) atoms. The number of hydrogen-bond donors (Lipinski definition) is 1. The van der Waals surface area contributed by atoms with Crippen LogP contribution in [-0.2, 0) is 11.2 Å². The van der Waals surface area contributed by atoms with E-state index in [1.54, 1.807) is 6.20 Å². The molecule has 0 unspecified atom stereocenters. The van der Waals surface area contributed by atoms with Crippen LogP contribution < -0.4 is 10.2 Å². The van der Waals surface area contributed by atoms with Gasteiger partial charge in [0.1, 0.15) is 5.82 Å². The van der Waals surface area contributed by atoms with Crippen LogP contribution in [0.5, 0.6) is 0 Å². The lowest BCUT2D eigenvalue weighted by molar-refractivity contribution is -0.117. The normalized spacial score (nSPS) is 11.8. The molecular formula is C27H27N3O. The van der Waals surface area contributed by atoms with E-state index in [1.165, 1.54) is 5.56 Å². The molecule has 0 aliphatic carbocycles. The Hall–Kier alpha value is -3.66. The molecule has 4 heteroatoms. The van der Waals surface area contributed by atoms with E-state index in [9.17, 15) is 4.79 Å². The fourth-order valence-electron chi connectivity index (χ4n) is 3.92. The van der Waals surface area contributed by atoms with Crippen molar-refractivity contribution in [2.75, 3.05) is 16.8 Å². The van der Waals surface area contributed by atoms with Crippen LogP contribution in [-0.4, -0.2) is 17.4 Å². The highest BCUT2D eigenvalue weighted by atomic mass is 16.2. The lowest BCUT2D eigenvalue weighted by atomic mass is 10.0. The number of fused-ring (bicyclic) bond motifs is 1. The number of aromatic nitrogens is 1. The average Bonchev–Trinajstić information content (AvgIpc) is 2.81. The molecule has 1 atom stereocenters. The van der Waals surface area contributed by atoms with Crippen LogP contribution in [0.3, 0.4) is 0 Å². The minimum absolute atomic E-state index is 0.0760. The summed E-state index contributed by atoms with van der Waals surface area (Å²) in [5.74, 6) is 0.831. The van der Waals surface area contributed by atoms with Gasteiger partial charge in [0.2, 0.25) is 5.91 Å². The van der Waals surface area contributed by atoms with Gasteiger partial charge in [0.05, 0.1) is 6.42 Å². The summed E-state index contributed by atoms with van der Waals surface area (Å²) in [6.07, 6.45) is 2.12. The third-order valence-electron chi connectivity index (χ3n) is 5.56. The molecule has 4 nitrogen and oxygen atoms in total. The fourth-order valence-corrected chi connectivity index (χ4v) is 3.92. The van der Waals surface area contributed by atoms with Gasteiger partial charge in [0, 0.05) is 30.5 Å². The third-order valence-corrected chi connectivity index (χ3v) is 5.56. The Morgan fingerprint density at radius 2 is 1.71 bits per heavy atom. The van der Waals surface area contributed by atoms with E-state index in [-0.39, 0.29) is 11.9 Å². The largest absolute Gasteiger partial charge is 0.363 e. The van der Waals surface area contributed by atoms with Crippen molar-refractivity contribution >= 4 is 28.2 Å². The molecule has 4 aromatic rings. The second-order valence-corrected chi connectivity index (χ2v) is 7.63. The maximum atomic E-state index is 13.2. The van der Waals surface area contributed by atoms with Gasteiger partial charge < -0.3 is 10.2 Å². The predicted molar refractivity (Wildman–Crippen MR) is 128 cm³/mol. The van der Waals surface area contributed by atoms with Crippen molar-refractivity contribution in [3.63, 3.8) is 0 Å². The van der Waals surface area contributed by atoms with Crippen LogP contribution in [0, 0.1) is 0 Å². The Morgan fingerprint density at radius 3 is 2.52 bits per heavy atom. The Labute approximate surface area is 183 Å². The SMILES string of the molecule is CCN(C(=O)Cc1cccc2ccccc12)c1ccnc(N[C@@H](C)c2ccccc2)c1. The minimum Gasteiger partial charge on any atom is -0.363 e. The van der Waals surface area contributed by atoms with Crippen LogP contribution in [0.25, 0.3) is 10.8 Å². The molecule has 1 heterocycles. The second-order valence-electron chi connectivity index (χ2n) is 7.63. The Bertz CT molecular complexity index is 1170. The van der Waals surface area contributed by atoms with Gasteiger partial charge in [-0.25, -0.2) is 4.98 Å². The van der Waals surface area contributed by atoms with E-state index < -0.39 is 0 Å². The predicted octanol–water partition coefficient (Wildman–Crippen LogP) is 6.00. The first kappa shape index (κ1) is 20.6. The van der Waals surface area contributed by atoms with Gasteiger partial charge in [-0.3, -0.25) is 4.79 Å². The highest BCUT2D eigenvalue weighted by Crippen LogP contribution is 2.24. The number of nitrogens with one attached hydrogen (secondary N) is 1. The minimum atomic E-state index is 0.0760. The molecular weight excluding hydrogens is 382 g/mol. The molecule has 0 bridgehead atoms. The van der Waals surface area contributed by atoms with Crippen LogP contribution >= 0.6 is 0 Å². The van der Waals surface area contributed by atoms with Crippen molar-refractivity contribution < 1.29 is 4.79 Å². The van der Waals surface area contributed by atoms with Gasteiger partial charge in [-0.15, -0.1) is 0 Å². The van der Waals surface area contributed by atoms with Gasteiger partial charge in [0.25, 0.3) is 0 Å². The van der Waals surface area contributed by atoms with Crippen molar-refractivity contribution in [1.82, 2.24) is 4.98 Å². The molecule has 0 saturated heterocycles. The maximum Gasteiger partial charge on any atom is 0.231 e. The second kappa shape index (κ2) is 9.43. The molecule has 1 aromatic heterocycles. The van der Waals surface area contributed by atoms with Gasteiger partial charge >= 0.3 is 0 Å². The lowest BCUT2D eigenvalue weighted by Gasteiger charge is -2.23. The Balaban J connectivity index is 1.53. The zero-order valence-corrected chi connectivity index (χ0v) is 18.0. The van der Waals surface area contributed by atoms with Crippen molar-refractivity contribution in [2.24, 2.45) is 0 Å². The summed E-state index contributed by atoms with van der Waals surface area (Å²) in [4.78, 5) is 19.5. The number of carbonyl (C=O) groups excluding carboxylic acids is 1. The molecule has 1 amide bonds. The first-order valence-corrected chi connectivity index (χ1v) is 10.7. The highest BCUT2D eigenvalue weighted by Gasteiger charge is 2.17. The molecule has 0 radical (unpaired) electrons. The lowest BCUT2D eigenvalue weighted by Crippen LogP contribution is -2.32. The van der Waals surface area contributed by atoms with Crippen molar-refractivity contribution in [3.05, 3.63) is 102 Å². The standard InChI is InChI=1S/C27H27N3O/c1-3-30(27(31)18-23-14-9-13-22-12-7-8-15-25(22)23)24-16-17-28-26(19-24)29-20(2)21-10-5-4-6-11-21/h4-17,19-20H,3,18H2,1-2H3,(H,28,29)/t20-/m0/s1. The monoisotopic (exact) mass is 409 g/mol. The van der Waals surface area contributed by atoms with Gasteiger partial charge in [0.15, 0.2) is 0 Å². The van der Waals surface area contributed by atoms with Crippen LogP contribution in [0.4, 0.5) is 11.5 Å². The number of benzene rings is 3. The molecule has 0 fully saturated rings. The van der Waals surface area contributed by atoms with Gasteiger partial charge in [-0.2, -0.15) is 0 Å². The van der Waals surface area contributed by atoms with Gasteiger partial charge in [-0.05, 0) is 41.8 Å². The summed E-state index contributed by atoms with van der Waals surface area (Å²) < 4.78 is 0. The van der Waals surface area contributed by atoms with E-state index >= 15 is 0 Å². The first-order chi connectivity index (χ1) is 15.2. The smallest absolute Gasteiger partial charge is 0.231 e. The van der Waals surface area contributed by atoms with Crippen LogP contribution in [0.2, 0.25) is 0 Å². The Morgan fingerprint density at radius 1 is 0.968 bits per heavy atom. The van der Waals surface area contributed by atoms with E-state index in [0.29, 0.717) is 13.0 Å². The number of amides is 1. The summed E-state index contributed by atoms with van der Waals surface area (Å²) in [5.41, 5.74) is 3.09. The zero-order valence-electron chi connectivity index (χ0n) is 18.0. The first-order valence-electron chi connectivity index (χ1n) is 10.7. The molecule has 0 aliphatic rings. The number of anilines is 2. The average molecular weight is 410 g/mol. The molecule has 0 aliphatic heterocycles. The maximum absolute atomic E-state index is 13.2. The molecule has 0 saturated carbocycles. The van der Waals surface area contributed by atoms with E-state index in [4.69, 9.17) is 0 Å². The van der Waals surface area contributed by atoms with Gasteiger partial charge in [-0.1, -0.05) is 72.8 Å². The van der Waals surface area contributed by atoms with Crippen molar-refractivity contribution in [2.45, 2.75) is 26.3 Å². The number of pyridine rings is 1. The Kier molecular flexibility index (Phi) is 6.27. The summed E-state index contributed by atoms with van der Waals surface area (Å²) in [6, 6.07) is 28.5. The number of likely N-dealkylation sites (N-methyl/N-ethyl adjacent to an activating group) is 1. The van der Waals surface area contributed by atoms with E-state index in [0.717, 1.165) is 27.8 Å². The molecule has 156 valence electrons. The van der Waals surface area contributed by atoms with Crippen LogP contribution in [0.15, 0.2) is 91.1 Å². The molecule has 0 spiro atoms. The number of hydrogen-bond acceptors (Lipinski definition) is 3. The molecule has 1 N–H and O–H groups in total. The molecule has 4 rings (SSSR count). The quantitative estimate of drug-likeness (QED) is 0.407. The van der Waals surface area contributed by atoms with E-state index in [2.05, 4.69) is 47.6 Å². The fraction of sp³-hybridized carbons (Fsp3) is 0.185. The topological polar surface area (TPSA) is 45.2 Å². The van der Waals surface area contributed by atoms with Crippen LogP contribution in [0.1, 0.15) is 31.0 Å². The number of rotatable bonds is 7. The number of nitrogens with zero attached hydrogens (tertiary/aromatic N) is 2. The summed E-state index contributed by atoms with van der Waals surface area (Å²) in [7, 11) is 0. The summed E-state index contributed by atoms with van der Waals surface area (Å²) >= 11 is 0. The zero-order chi connectivity index (χ0) is 21.6. The van der Waals surface area contributed by atoms with Crippen molar-refractivity contribution in [1.29, 1.82) is 0 Å². The summed E-state index contributed by atoms with van der Waals surface area (Å²) in [6.45, 7) is 4.70. The molecule has 3 aromatic carbocycles. The summed E-state index contributed by atoms with van der Waals surface area (Å²) in [5, 5.41) is 5.72. The van der Waals surface area contributed by atoms with E-state index in [1.807, 2.05) is 66.4 Å². The van der Waals surface area contributed by atoms with Crippen molar-refractivity contribution in [3.8, 4) is 0 Å².